The molecule has 0 atom stereocenters. The van der Waals surface area contributed by atoms with Crippen molar-refractivity contribution in [2.45, 2.75) is 113 Å². The average molecular weight is 509 g/mol. The van der Waals surface area contributed by atoms with Crippen molar-refractivity contribution in [1.29, 1.82) is 0 Å². The van der Waals surface area contributed by atoms with Crippen LogP contribution in [0.5, 0.6) is 0 Å². The number of allylic oxidation sites excluding steroid dienone is 3. The molecule has 2 aliphatic carbocycles. The average Bonchev–Trinajstić information content (AvgIpc) is 2.88. The Balaban J connectivity index is 1.39. The second-order valence-corrected chi connectivity index (χ2v) is 12.5. The van der Waals surface area contributed by atoms with Crippen LogP contribution in [0.4, 0.5) is 0 Å². The van der Waals surface area contributed by atoms with Gasteiger partial charge in [-0.05, 0) is 159 Å². The van der Waals surface area contributed by atoms with Gasteiger partial charge in [-0.25, -0.2) is 4.79 Å². The Morgan fingerprint density at radius 2 is 1.22 bits per heavy atom. The van der Waals surface area contributed by atoms with Gasteiger partial charge in [-0.2, -0.15) is 0 Å². The Morgan fingerprint density at radius 3 is 1.73 bits per heavy atom. The highest BCUT2D eigenvalue weighted by Gasteiger charge is 2.24. The topological polar surface area (TPSA) is 35.5 Å². The predicted molar refractivity (Wildman–Crippen MR) is 154 cm³/mol. The van der Waals surface area contributed by atoms with Gasteiger partial charge >= 0.3 is 5.97 Å². The molecule has 1 aromatic rings. The maximum absolute atomic E-state index is 12.1. The number of carbonyl (C=O) groups excluding carboxylic acids is 1. The highest BCUT2D eigenvalue weighted by molar-refractivity contribution is 5.88. The van der Waals surface area contributed by atoms with E-state index in [4.69, 9.17) is 9.47 Å². The smallest absolute Gasteiger partial charge is 0.333 e. The molecule has 0 spiro atoms. The van der Waals surface area contributed by atoms with Crippen molar-refractivity contribution in [3.63, 3.8) is 0 Å². The van der Waals surface area contributed by atoms with Crippen molar-refractivity contribution < 1.29 is 14.3 Å². The number of rotatable bonds is 10. The maximum atomic E-state index is 12.1. The summed E-state index contributed by atoms with van der Waals surface area (Å²) >= 11 is 0. The molecule has 0 saturated heterocycles. The molecule has 0 radical (unpaired) electrons. The molecule has 2 saturated carbocycles. The van der Waals surface area contributed by atoms with Crippen LogP contribution in [0.15, 0.2) is 40.7 Å². The van der Waals surface area contributed by atoms with E-state index < -0.39 is 0 Å². The molecular weight excluding hydrogens is 456 g/mol. The number of hydrogen-bond donors (Lipinski definition) is 0. The van der Waals surface area contributed by atoms with Gasteiger partial charge in [0.15, 0.2) is 0 Å². The molecule has 0 unspecified atom stereocenters. The summed E-state index contributed by atoms with van der Waals surface area (Å²) in [7, 11) is 0. The molecule has 0 N–H and O–H groups in total. The molecule has 3 heteroatoms. The molecule has 2 fully saturated rings. The lowest BCUT2D eigenvalue weighted by Crippen LogP contribution is -2.22. The predicted octanol–water partition coefficient (Wildman–Crippen LogP) is 8.92. The third-order valence-electron chi connectivity index (χ3n) is 9.12. The van der Waals surface area contributed by atoms with E-state index >= 15 is 0 Å². The molecule has 206 valence electrons. The van der Waals surface area contributed by atoms with Gasteiger partial charge in [-0.15, -0.1) is 0 Å². The Bertz CT molecular complexity index is 945. The summed E-state index contributed by atoms with van der Waals surface area (Å²) in [6.45, 7) is 15.9. The number of hydrogen-bond acceptors (Lipinski definition) is 3. The molecule has 0 aromatic heterocycles. The Kier molecular flexibility index (Phi) is 11.3. The minimum atomic E-state index is -0.144. The first kappa shape index (κ1) is 29.5. The molecule has 1 aromatic carbocycles. The highest BCUT2D eigenvalue weighted by atomic mass is 16.5. The van der Waals surface area contributed by atoms with Crippen LogP contribution in [0.25, 0.3) is 0 Å². The third kappa shape index (κ3) is 9.34. The minimum absolute atomic E-state index is 0.144. The molecule has 3 rings (SSSR count). The van der Waals surface area contributed by atoms with Gasteiger partial charge in [-0.1, -0.05) is 23.8 Å². The zero-order valence-corrected chi connectivity index (χ0v) is 24.8. The quantitative estimate of drug-likeness (QED) is 0.180. The zero-order chi connectivity index (χ0) is 26.9. The fourth-order valence-electron chi connectivity index (χ4n) is 5.86. The third-order valence-corrected chi connectivity index (χ3v) is 9.12. The molecule has 2 aliphatic rings. The van der Waals surface area contributed by atoms with Crippen LogP contribution in [0.2, 0.25) is 0 Å². The SMILES string of the molecule is CC(C)=C(C)OCC1CCC(Cc2ccc(CC3CCC(COC(=O)C(C)=C(C)C)CC3)cc2C)CC1. The van der Waals surface area contributed by atoms with Crippen LogP contribution >= 0.6 is 0 Å². The second kappa shape index (κ2) is 14.2. The zero-order valence-electron chi connectivity index (χ0n) is 24.8. The molecule has 0 aliphatic heterocycles. The van der Waals surface area contributed by atoms with E-state index in [2.05, 4.69) is 45.9 Å². The van der Waals surface area contributed by atoms with E-state index in [9.17, 15) is 4.79 Å². The van der Waals surface area contributed by atoms with Gasteiger partial charge in [-0.3, -0.25) is 0 Å². The van der Waals surface area contributed by atoms with Crippen molar-refractivity contribution in [2.24, 2.45) is 23.7 Å². The van der Waals surface area contributed by atoms with Crippen LogP contribution in [0.1, 0.15) is 110 Å². The van der Waals surface area contributed by atoms with Crippen molar-refractivity contribution >= 4 is 5.97 Å². The van der Waals surface area contributed by atoms with Gasteiger partial charge in [0.25, 0.3) is 0 Å². The first-order valence-electron chi connectivity index (χ1n) is 14.8. The molecule has 37 heavy (non-hydrogen) atoms. The number of aryl methyl sites for hydroxylation is 1. The highest BCUT2D eigenvalue weighted by Crippen LogP contribution is 2.34. The van der Waals surface area contributed by atoms with Crippen molar-refractivity contribution in [3.05, 3.63) is 57.4 Å². The molecule has 0 amide bonds. The fraction of sp³-hybridized carbons (Fsp3) is 0.676. The van der Waals surface area contributed by atoms with Crippen LogP contribution in [0.3, 0.4) is 0 Å². The maximum Gasteiger partial charge on any atom is 0.333 e. The lowest BCUT2D eigenvalue weighted by atomic mass is 9.78. The Labute approximate surface area is 227 Å². The van der Waals surface area contributed by atoms with Gasteiger partial charge in [0.05, 0.1) is 19.0 Å². The van der Waals surface area contributed by atoms with Gasteiger partial charge in [0.1, 0.15) is 0 Å². The van der Waals surface area contributed by atoms with Gasteiger partial charge in [0, 0.05) is 5.57 Å². The van der Waals surface area contributed by atoms with E-state index in [1.807, 2.05) is 20.8 Å². The summed E-state index contributed by atoms with van der Waals surface area (Å²) in [5.74, 6) is 3.76. The summed E-state index contributed by atoms with van der Waals surface area (Å²) < 4.78 is 11.6. The lowest BCUT2D eigenvalue weighted by molar-refractivity contribution is -0.140. The number of carbonyl (C=O) groups is 1. The van der Waals surface area contributed by atoms with Crippen molar-refractivity contribution in [2.75, 3.05) is 13.2 Å². The normalized spacial score (nSPS) is 23.8. The standard InChI is InChI=1S/C34H52O3/c1-23(2)26(6)34(35)37-22-31-12-8-28(9-13-31)19-32-16-17-33(25(5)18-32)20-29-10-14-30(15-11-29)21-36-27(7)24(3)4/h16-18,28-31H,8-15,19-22H2,1-7H3. The van der Waals surface area contributed by atoms with E-state index in [-0.39, 0.29) is 5.97 Å². The summed E-state index contributed by atoms with van der Waals surface area (Å²) in [6.07, 6.45) is 12.5. The van der Waals surface area contributed by atoms with Gasteiger partial charge < -0.3 is 9.47 Å². The summed E-state index contributed by atoms with van der Waals surface area (Å²) in [5.41, 5.74) is 7.58. The minimum Gasteiger partial charge on any atom is -0.498 e. The van der Waals surface area contributed by atoms with Crippen LogP contribution in [-0.2, 0) is 27.1 Å². The first-order chi connectivity index (χ1) is 17.6. The van der Waals surface area contributed by atoms with Crippen LogP contribution in [0, 0.1) is 30.6 Å². The van der Waals surface area contributed by atoms with E-state index in [0.29, 0.717) is 12.5 Å². The summed E-state index contributed by atoms with van der Waals surface area (Å²) in [6, 6.07) is 7.25. The number of esters is 1. The van der Waals surface area contributed by atoms with Crippen LogP contribution in [-0.4, -0.2) is 19.2 Å². The Morgan fingerprint density at radius 1 is 0.703 bits per heavy atom. The van der Waals surface area contributed by atoms with E-state index in [1.54, 1.807) is 5.56 Å². The molecular formula is C34H52O3. The van der Waals surface area contributed by atoms with Crippen LogP contribution < -0.4 is 0 Å². The largest absolute Gasteiger partial charge is 0.498 e. The molecule has 0 heterocycles. The molecule has 0 bridgehead atoms. The van der Waals surface area contributed by atoms with E-state index in [0.717, 1.165) is 41.3 Å². The van der Waals surface area contributed by atoms with Crippen molar-refractivity contribution in [3.8, 4) is 0 Å². The lowest BCUT2D eigenvalue weighted by Gasteiger charge is -2.29. The van der Waals surface area contributed by atoms with E-state index in [1.165, 1.54) is 80.9 Å². The monoisotopic (exact) mass is 508 g/mol. The number of ether oxygens (including phenoxy) is 2. The fourth-order valence-corrected chi connectivity index (χ4v) is 5.86. The van der Waals surface area contributed by atoms with Crippen molar-refractivity contribution in [1.82, 2.24) is 0 Å². The van der Waals surface area contributed by atoms with Gasteiger partial charge in [0.2, 0.25) is 0 Å². The Hall–Kier alpha value is -2.03. The summed E-state index contributed by atoms with van der Waals surface area (Å²) in [5, 5.41) is 0. The molecule has 3 nitrogen and oxygen atoms in total. The second-order valence-electron chi connectivity index (χ2n) is 12.5. The number of benzene rings is 1. The first-order valence-corrected chi connectivity index (χ1v) is 14.8. The summed E-state index contributed by atoms with van der Waals surface area (Å²) in [4.78, 5) is 12.1.